The molecule has 16 heteroatoms. The number of hydrogen-bond donors (Lipinski definition) is 2. The van der Waals surface area contributed by atoms with E-state index < -0.39 is 41.9 Å². The SMILES string of the molecule is Nc1ncnc2c1c(-c1ccc(Oc3ccccc3)cc1)nn2C1CCN(C2CN(C3CN(c4ccc5c(c4)C(=O)N(C4CCC(=O)NC4=O)C5=O)C3)C2)C[C@@H]1F. The highest BCUT2D eigenvalue weighted by atomic mass is 19.1. The van der Waals surface area contributed by atoms with Gasteiger partial charge in [-0.25, -0.2) is 19.0 Å². The van der Waals surface area contributed by atoms with Crippen molar-refractivity contribution in [1.82, 2.24) is 39.8 Å². The number of para-hydroxylation sites is 1. The van der Waals surface area contributed by atoms with E-state index in [-0.39, 0.29) is 30.0 Å². The lowest BCUT2D eigenvalue weighted by Gasteiger charge is -2.55. The average molecular weight is 771 g/mol. The number of aromatic nitrogens is 4. The van der Waals surface area contributed by atoms with Crippen molar-refractivity contribution >= 4 is 46.2 Å². The normalized spacial score (nSPS) is 23.4. The highest BCUT2D eigenvalue weighted by Crippen LogP contribution is 2.38. The summed E-state index contributed by atoms with van der Waals surface area (Å²) in [5, 5.41) is 7.74. The van der Waals surface area contributed by atoms with Gasteiger partial charge in [0.05, 0.1) is 22.6 Å². The van der Waals surface area contributed by atoms with Gasteiger partial charge in [-0.2, -0.15) is 5.10 Å². The molecule has 5 aliphatic heterocycles. The molecule has 0 spiro atoms. The van der Waals surface area contributed by atoms with Crippen LogP contribution in [-0.4, -0.2) is 122 Å². The molecule has 4 amide bonds. The van der Waals surface area contributed by atoms with Crippen LogP contribution in [0.15, 0.2) is 79.1 Å². The third kappa shape index (κ3) is 6.06. The van der Waals surface area contributed by atoms with Crippen molar-refractivity contribution in [2.45, 2.75) is 49.6 Å². The number of alkyl halides is 1. The summed E-state index contributed by atoms with van der Waals surface area (Å²) < 4.78 is 23.9. The van der Waals surface area contributed by atoms with Crippen LogP contribution in [0.2, 0.25) is 0 Å². The summed E-state index contributed by atoms with van der Waals surface area (Å²) >= 11 is 0. The standard InChI is InChI=1S/C41H39FN10O5/c42-31-21-48(15-14-32(31)52-38-35(37(43)44-22-45-38)36(47-52)23-6-9-28(10-7-23)57-27-4-2-1-3-5-27)25-17-50(18-25)26-19-49(20-26)24-8-11-29-30(16-24)41(56)51(40(29)55)33-12-13-34(53)46-39(33)54/h1-11,16,22,25-26,31-33H,12-15,17-21H2,(H2,43,44,45)(H,46,53,54)/t31-,32?,33?/m0/s1. The Morgan fingerprint density at radius 2 is 1.53 bits per heavy atom. The van der Waals surface area contributed by atoms with Crippen LogP contribution in [0.25, 0.3) is 22.3 Å². The smallest absolute Gasteiger partial charge is 0.262 e. The molecule has 0 bridgehead atoms. The molecule has 2 unspecified atom stereocenters. The van der Waals surface area contributed by atoms with Crippen LogP contribution < -0.4 is 20.7 Å². The van der Waals surface area contributed by atoms with Gasteiger partial charge in [0.25, 0.3) is 11.8 Å². The monoisotopic (exact) mass is 770 g/mol. The number of piperidine rings is 2. The van der Waals surface area contributed by atoms with E-state index >= 15 is 4.39 Å². The van der Waals surface area contributed by atoms with E-state index in [9.17, 15) is 19.2 Å². The maximum Gasteiger partial charge on any atom is 0.262 e. The predicted molar refractivity (Wildman–Crippen MR) is 206 cm³/mol. The minimum absolute atomic E-state index is 0.0763. The molecule has 3 N–H and O–H groups in total. The van der Waals surface area contributed by atoms with Gasteiger partial charge in [-0.05, 0) is 67.4 Å². The first kappa shape index (κ1) is 35.2. The van der Waals surface area contributed by atoms with E-state index in [0.717, 1.165) is 54.6 Å². The van der Waals surface area contributed by atoms with Crippen LogP contribution in [0.4, 0.5) is 15.9 Å². The van der Waals surface area contributed by atoms with Gasteiger partial charge in [0, 0.05) is 69.0 Å². The molecule has 0 aliphatic carbocycles. The van der Waals surface area contributed by atoms with Crippen LogP contribution in [0.1, 0.15) is 46.0 Å². The number of likely N-dealkylation sites (tertiary alicyclic amines) is 2. The zero-order valence-corrected chi connectivity index (χ0v) is 30.8. The van der Waals surface area contributed by atoms with Gasteiger partial charge in [-0.3, -0.25) is 39.2 Å². The van der Waals surface area contributed by atoms with Gasteiger partial charge in [0.15, 0.2) is 5.65 Å². The number of nitrogens with zero attached hydrogens (tertiary/aromatic N) is 8. The van der Waals surface area contributed by atoms with E-state index in [1.807, 2.05) is 60.7 Å². The summed E-state index contributed by atoms with van der Waals surface area (Å²) in [6.45, 7) is 4.23. The predicted octanol–water partition coefficient (Wildman–Crippen LogP) is 3.43. The van der Waals surface area contributed by atoms with Crippen LogP contribution in [0.3, 0.4) is 0 Å². The van der Waals surface area contributed by atoms with E-state index in [2.05, 4.69) is 30.0 Å². The lowest BCUT2D eigenvalue weighted by Crippen LogP contribution is -2.70. The molecule has 57 heavy (non-hydrogen) atoms. The fourth-order valence-corrected chi connectivity index (χ4v) is 8.83. The maximum absolute atomic E-state index is 16.2. The molecule has 4 saturated heterocycles. The number of benzene rings is 3. The number of nitrogens with two attached hydrogens (primary N) is 1. The van der Waals surface area contributed by atoms with Crippen molar-refractivity contribution < 1.29 is 28.3 Å². The summed E-state index contributed by atoms with van der Waals surface area (Å²) in [4.78, 5) is 67.0. The topological polar surface area (TPSA) is 172 Å². The second kappa shape index (κ2) is 13.7. The number of fused-ring (bicyclic) bond motifs is 2. The van der Waals surface area contributed by atoms with Gasteiger partial charge in [0.2, 0.25) is 11.8 Å². The average Bonchev–Trinajstić information content (AvgIpc) is 3.68. The Bertz CT molecular complexity index is 2430. The van der Waals surface area contributed by atoms with Crippen LogP contribution in [0, 0.1) is 0 Å². The molecule has 2 aromatic heterocycles. The van der Waals surface area contributed by atoms with Gasteiger partial charge in [0.1, 0.15) is 41.6 Å². The highest BCUT2D eigenvalue weighted by molar-refractivity contribution is 6.23. The van der Waals surface area contributed by atoms with Crippen molar-refractivity contribution in [3.8, 4) is 22.8 Å². The van der Waals surface area contributed by atoms with E-state index in [0.29, 0.717) is 47.3 Å². The molecule has 5 aromatic rings. The summed E-state index contributed by atoms with van der Waals surface area (Å²) in [6, 6.07) is 21.4. The highest BCUT2D eigenvalue weighted by Gasteiger charge is 2.47. The quantitative estimate of drug-likeness (QED) is 0.221. The maximum atomic E-state index is 16.2. The number of carbonyl (C=O) groups is 4. The molecule has 5 aliphatic rings. The molecule has 4 fully saturated rings. The molecule has 290 valence electrons. The Morgan fingerprint density at radius 3 is 2.28 bits per heavy atom. The Kier molecular flexibility index (Phi) is 8.48. The Balaban J connectivity index is 0.753. The van der Waals surface area contributed by atoms with E-state index in [1.54, 1.807) is 16.8 Å². The zero-order chi connectivity index (χ0) is 38.9. The zero-order valence-electron chi connectivity index (χ0n) is 30.8. The molecular weight excluding hydrogens is 732 g/mol. The molecule has 10 rings (SSSR count). The van der Waals surface area contributed by atoms with Crippen molar-refractivity contribution in [3.05, 3.63) is 90.3 Å². The number of imide groups is 2. The first-order valence-corrected chi connectivity index (χ1v) is 19.2. The van der Waals surface area contributed by atoms with E-state index in [4.69, 9.17) is 15.6 Å². The van der Waals surface area contributed by atoms with Crippen molar-refractivity contribution in [1.29, 1.82) is 0 Å². The van der Waals surface area contributed by atoms with Gasteiger partial charge in [-0.1, -0.05) is 18.2 Å². The van der Waals surface area contributed by atoms with Crippen LogP contribution in [-0.2, 0) is 9.59 Å². The Labute approximate surface area is 326 Å². The second-order valence-electron chi connectivity index (χ2n) is 15.4. The fourth-order valence-electron chi connectivity index (χ4n) is 8.83. The lowest BCUT2D eigenvalue weighted by molar-refractivity contribution is -0.136. The molecule has 3 atom stereocenters. The molecule has 0 saturated carbocycles. The molecule has 15 nitrogen and oxygen atoms in total. The lowest BCUT2D eigenvalue weighted by atomic mass is 9.94. The van der Waals surface area contributed by atoms with Crippen LogP contribution >= 0.6 is 0 Å². The minimum atomic E-state index is -1.17. The Hall–Kier alpha value is -6.26. The molecular formula is C41H39FN10O5. The number of amides is 4. The number of rotatable bonds is 8. The van der Waals surface area contributed by atoms with Gasteiger partial charge < -0.3 is 15.4 Å². The number of ether oxygens (including phenoxy) is 1. The van der Waals surface area contributed by atoms with Gasteiger partial charge in [-0.15, -0.1) is 0 Å². The number of anilines is 2. The summed E-state index contributed by atoms with van der Waals surface area (Å²) in [7, 11) is 0. The third-order valence-electron chi connectivity index (χ3n) is 12.1. The summed E-state index contributed by atoms with van der Waals surface area (Å²) in [6.07, 6.45) is 0.993. The first-order valence-electron chi connectivity index (χ1n) is 19.2. The summed E-state index contributed by atoms with van der Waals surface area (Å²) in [5.74, 6) is -0.353. The second-order valence-corrected chi connectivity index (χ2v) is 15.4. The third-order valence-corrected chi connectivity index (χ3v) is 12.1. The number of carbonyl (C=O) groups excluding carboxylic acids is 4. The molecule has 7 heterocycles. The Morgan fingerprint density at radius 1 is 0.789 bits per heavy atom. The molecule has 0 radical (unpaired) electrons. The number of nitrogen functional groups attached to an aromatic ring is 1. The van der Waals surface area contributed by atoms with E-state index in [1.165, 1.54) is 6.33 Å². The van der Waals surface area contributed by atoms with Crippen molar-refractivity contribution in [2.75, 3.05) is 49.9 Å². The van der Waals surface area contributed by atoms with Crippen molar-refractivity contribution in [3.63, 3.8) is 0 Å². The number of hydrogen-bond acceptors (Lipinski definition) is 12. The fraction of sp³-hybridized carbons (Fsp3) is 0.341. The summed E-state index contributed by atoms with van der Waals surface area (Å²) in [5.41, 5.74) is 9.66. The largest absolute Gasteiger partial charge is 0.457 e. The van der Waals surface area contributed by atoms with Crippen LogP contribution in [0.5, 0.6) is 11.5 Å². The van der Waals surface area contributed by atoms with Crippen molar-refractivity contribution in [2.24, 2.45) is 0 Å². The molecule has 3 aromatic carbocycles. The first-order chi connectivity index (χ1) is 27.7. The van der Waals surface area contributed by atoms with Gasteiger partial charge >= 0.3 is 0 Å². The number of halogens is 1. The number of nitrogens with one attached hydrogen (secondary N) is 1. The minimum Gasteiger partial charge on any atom is -0.457 e.